The lowest BCUT2D eigenvalue weighted by Gasteiger charge is -2.15. The Bertz CT molecular complexity index is 581. The molecular formula is C15H14Br2OS. The van der Waals surface area contributed by atoms with E-state index in [1.165, 1.54) is 4.90 Å². The summed E-state index contributed by atoms with van der Waals surface area (Å²) in [5, 5.41) is 10.5. The van der Waals surface area contributed by atoms with E-state index in [1.54, 1.807) is 11.8 Å². The molecule has 0 fully saturated rings. The second-order valence-corrected chi connectivity index (χ2v) is 6.89. The number of rotatable bonds is 3. The van der Waals surface area contributed by atoms with Gasteiger partial charge in [0, 0.05) is 19.4 Å². The summed E-state index contributed by atoms with van der Waals surface area (Å²) in [6.45, 7) is 2.03. The van der Waals surface area contributed by atoms with Crippen LogP contribution in [0.2, 0.25) is 0 Å². The van der Waals surface area contributed by atoms with Crippen LogP contribution in [0.1, 0.15) is 22.8 Å². The maximum atomic E-state index is 10.5. The predicted octanol–water partition coefficient (Wildman–Crippen LogP) is 5.32. The highest BCUT2D eigenvalue weighted by Crippen LogP contribution is 2.33. The van der Waals surface area contributed by atoms with Gasteiger partial charge >= 0.3 is 0 Å². The number of hydrogen-bond acceptors (Lipinski definition) is 2. The number of aliphatic hydroxyl groups is 1. The smallest absolute Gasteiger partial charge is 0.105 e. The van der Waals surface area contributed by atoms with E-state index in [1.807, 2.05) is 49.6 Å². The van der Waals surface area contributed by atoms with Crippen molar-refractivity contribution in [3.05, 3.63) is 62.0 Å². The largest absolute Gasteiger partial charge is 0.384 e. The molecule has 0 spiro atoms. The molecule has 19 heavy (non-hydrogen) atoms. The van der Waals surface area contributed by atoms with Crippen LogP contribution >= 0.6 is 43.6 Å². The van der Waals surface area contributed by atoms with Crippen molar-refractivity contribution in [3.63, 3.8) is 0 Å². The van der Waals surface area contributed by atoms with Crippen molar-refractivity contribution in [2.24, 2.45) is 0 Å². The van der Waals surface area contributed by atoms with E-state index in [9.17, 15) is 5.11 Å². The summed E-state index contributed by atoms with van der Waals surface area (Å²) < 4.78 is 1.93. The Balaban J connectivity index is 2.37. The lowest BCUT2D eigenvalue weighted by molar-refractivity contribution is 0.219. The van der Waals surface area contributed by atoms with Crippen molar-refractivity contribution in [1.82, 2.24) is 0 Å². The van der Waals surface area contributed by atoms with Gasteiger partial charge in [0.15, 0.2) is 0 Å². The van der Waals surface area contributed by atoms with Crippen LogP contribution in [-0.2, 0) is 0 Å². The van der Waals surface area contributed by atoms with Crippen molar-refractivity contribution in [2.75, 3.05) is 6.26 Å². The summed E-state index contributed by atoms with van der Waals surface area (Å²) in [6.07, 6.45) is 1.42. The molecular weight excluding hydrogens is 388 g/mol. The lowest BCUT2D eigenvalue weighted by atomic mass is 10.0. The van der Waals surface area contributed by atoms with Crippen LogP contribution in [0.5, 0.6) is 0 Å². The number of thioether (sulfide) groups is 1. The van der Waals surface area contributed by atoms with E-state index in [0.29, 0.717) is 0 Å². The zero-order valence-electron chi connectivity index (χ0n) is 10.7. The first-order chi connectivity index (χ1) is 9.02. The summed E-state index contributed by atoms with van der Waals surface area (Å²) in [4.78, 5) is 1.19. The fraction of sp³-hybridized carbons (Fsp3) is 0.200. The Kier molecular flexibility index (Phi) is 5.12. The van der Waals surface area contributed by atoms with E-state index in [0.717, 1.165) is 25.6 Å². The zero-order chi connectivity index (χ0) is 14.0. The summed E-state index contributed by atoms with van der Waals surface area (Å²) >= 11 is 8.73. The van der Waals surface area contributed by atoms with Crippen LogP contribution in [0.3, 0.4) is 0 Å². The van der Waals surface area contributed by atoms with Gasteiger partial charge in [-0.1, -0.05) is 44.0 Å². The molecule has 0 aromatic heterocycles. The highest BCUT2D eigenvalue weighted by molar-refractivity contribution is 9.11. The minimum atomic E-state index is -0.623. The Morgan fingerprint density at radius 3 is 2.26 bits per heavy atom. The molecule has 0 heterocycles. The Labute approximate surface area is 134 Å². The van der Waals surface area contributed by atoms with E-state index in [-0.39, 0.29) is 0 Å². The minimum Gasteiger partial charge on any atom is -0.384 e. The molecule has 0 aliphatic rings. The first-order valence-electron chi connectivity index (χ1n) is 5.80. The van der Waals surface area contributed by atoms with Gasteiger partial charge in [-0.05, 0) is 48.6 Å². The van der Waals surface area contributed by atoms with E-state index < -0.39 is 6.10 Å². The van der Waals surface area contributed by atoms with Gasteiger partial charge in [-0.3, -0.25) is 0 Å². The summed E-state index contributed by atoms with van der Waals surface area (Å²) in [6, 6.07) is 12.0. The fourth-order valence-corrected chi connectivity index (χ4v) is 3.28. The molecule has 1 N–H and O–H groups in total. The van der Waals surface area contributed by atoms with Gasteiger partial charge in [-0.2, -0.15) is 0 Å². The normalized spacial score (nSPS) is 12.5. The van der Waals surface area contributed by atoms with Crippen LogP contribution in [0.4, 0.5) is 0 Å². The Morgan fingerprint density at radius 2 is 1.68 bits per heavy atom. The molecule has 0 amide bonds. The molecule has 100 valence electrons. The van der Waals surface area contributed by atoms with Crippen LogP contribution < -0.4 is 0 Å². The number of halogens is 2. The first kappa shape index (κ1) is 15.1. The minimum absolute atomic E-state index is 0.623. The monoisotopic (exact) mass is 400 g/mol. The molecule has 0 saturated carbocycles. The summed E-state index contributed by atoms with van der Waals surface area (Å²) in [5.41, 5.74) is 2.91. The molecule has 0 radical (unpaired) electrons. The standard InChI is InChI=1S/C15H14Br2OS/c1-9-7-14(17)12(8-13(9)16)15(18)10-3-5-11(19-2)6-4-10/h3-8,15,18H,1-2H3. The molecule has 0 saturated heterocycles. The maximum absolute atomic E-state index is 10.5. The van der Waals surface area contributed by atoms with Gasteiger partial charge in [0.25, 0.3) is 0 Å². The van der Waals surface area contributed by atoms with Gasteiger partial charge < -0.3 is 5.11 Å². The molecule has 2 aromatic carbocycles. The third-order valence-corrected chi connectivity index (χ3v) is 5.29. The molecule has 0 aliphatic carbocycles. The van der Waals surface area contributed by atoms with Crippen LogP contribution in [0.25, 0.3) is 0 Å². The number of aryl methyl sites for hydroxylation is 1. The Hall–Kier alpha value is -0.290. The second kappa shape index (κ2) is 6.44. The van der Waals surface area contributed by atoms with Gasteiger partial charge in [0.2, 0.25) is 0 Å². The third-order valence-electron chi connectivity index (χ3n) is 3.00. The Morgan fingerprint density at radius 1 is 1.05 bits per heavy atom. The predicted molar refractivity (Wildman–Crippen MR) is 88.9 cm³/mol. The molecule has 0 aliphatic heterocycles. The topological polar surface area (TPSA) is 20.2 Å². The molecule has 1 atom stereocenters. The average Bonchev–Trinajstić information content (AvgIpc) is 2.42. The zero-order valence-corrected chi connectivity index (χ0v) is 14.6. The van der Waals surface area contributed by atoms with Gasteiger partial charge in [-0.25, -0.2) is 0 Å². The van der Waals surface area contributed by atoms with Crippen LogP contribution in [0, 0.1) is 6.92 Å². The fourth-order valence-electron chi connectivity index (χ4n) is 1.84. The molecule has 2 aromatic rings. The summed E-state index contributed by atoms with van der Waals surface area (Å²) in [7, 11) is 0. The lowest BCUT2D eigenvalue weighted by Crippen LogP contribution is -2.01. The van der Waals surface area contributed by atoms with Gasteiger partial charge in [0.05, 0.1) is 0 Å². The van der Waals surface area contributed by atoms with Crippen molar-refractivity contribution in [2.45, 2.75) is 17.9 Å². The number of benzene rings is 2. The molecule has 1 nitrogen and oxygen atoms in total. The average molecular weight is 402 g/mol. The van der Waals surface area contributed by atoms with Crippen molar-refractivity contribution >= 4 is 43.6 Å². The van der Waals surface area contributed by atoms with Crippen molar-refractivity contribution in [3.8, 4) is 0 Å². The summed E-state index contributed by atoms with van der Waals surface area (Å²) in [5.74, 6) is 0. The van der Waals surface area contributed by atoms with E-state index in [2.05, 4.69) is 31.9 Å². The molecule has 2 rings (SSSR count). The molecule has 4 heteroatoms. The SMILES string of the molecule is CSc1ccc(C(O)c2cc(Br)c(C)cc2Br)cc1. The maximum Gasteiger partial charge on any atom is 0.105 e. The van der Waals surface area contributed by atoms with Gasteiger partial charge in [0.1, 0.15) is 6.10 Å². The van der Waals surface area contributed by atoms with Crippen LogP contribution in [0.15, 0.2) is 50.2 Å². The quantitative estimate of drug-likeness (QED) is 0.702. The van der Waals surface area contributed by atoms with Crippen LogP contribution in [-0.4, -0.2) is 11.4 Å². The molecule has 1 unspecified atom stereocenters. The van der Waals surface area contributed by atoms with E-state index in [4.69, 9.17) is 0 Å². The van der Waals surface area contributed by atoms with Gasteiger partial charge in [-0.15, -0.1) is 11.8 Å². The number of aliphatic hydroxyl groups excluding tert-OH is 1. The highest BCUT2D eigenvalue weighted by atomic mass is 79.9. The second-order valence-electron chi connectivity index (χ2n) is 4.30. The van der Waals surface area contributed by atoms with E-state index >= 15 is 0 Å². The van der Waals surface area contributed by atoms with Crippen molar-refractivity contribution in [1.29, 1.82) is 0 Å². The van der Waals surface area contributed by atoms with Crippen molar-refractivity contribution < 1.29 is 5.11 Å². The highest BCUT2D eigenvalue weighted by Gasteiger charge is 2.15. The third kappa shape index (κ3) is 3.43. The first-order valence-corrected chi connectivity index (χ1v) is 8.61. The molecule has 0 bridgehead atoms. The number of hydrogen-bond donors (Lipinski definition) is 1.